The number of hydrogen-bond donors (Lipinski definition) is 1. The normalized spacial score (nSPS) is 10.6. The molecule has 0 aromatic heterocycles. The smallest absolute Gasteiger partial charge is 0.254 e. The van der Waals surface area contributed by atoms with E-state index in [1.165, 1.54) is 24.3 Å². The molecule has 0 radical (unpaired) electrons. The third-order valence-electron chi connectivity index (χ3n) is 2.53. The molecule has 1 aromatic rings. The fraction of sp³-hybridized carbons (Fsp3) is 0.462. The number of benzene rings is 1. The Labute approximate surface area is 101 Å². The van der Waals surface area contributed by atoms with Crippen LogP contribution in [0.15, 0.2) is 24.3 Å². The first-order valence-corrected chi connectivity index (χ1v) is 5.73. The fourth-order valence-corrected chi connectivity index (χ4v) is 1.59. The average molecular weight is 239 g/mol. The van der Waals surface area contributed by atoms with E-state index in [2.05, 4.69) is 0 Å². The summed E-state index contributed by atoms with van der Waals surface area (Å²) in [5, 5.41) is 8.80. The van der Waals surface area contributed by atoms with Crippen molar-refractivity contribution >= 4 is 5.91 Å². The molecule has 17 heavy (non-hydrogen) atoms. The Bertz CT molecular complexity index is 362. The van der Waals surface area contributed by atoms with E-state index in [1.54, 1.807) is 4.90 Å². The lowest BCUT2D eigenvalue weighted by atomic mass is 10.1. The van der Waals surface area contributed by atoms with E-state index in [0.29, 0.717) is 18.5 Å². The monoisotopic (exact) mass is 239 g/mol. The number of hydrogen-bond acceptors (Lipinski definition) is 2. The van der Waals surface area contributed by atoms with Crippen LogP contribution < -0.4 is 0 Å². The third-order valence-corrected chi connectivity index (χ3v) is 2.53. The van der Waals surface area contributed by atoms with Gasteiger partial charge in [0, 0.05) is 24.8 Å². The highest BCUT2D eigenvalue weighted by Gasteiger charge is 2.17. The molecule has 3 nitrogen and oxygen atoms in total. The SMILES string of the molecule is CC(C)N(CCCO)C(=O)c1ccc(F)cc1. The molecule has 0 spiro atoms. The quantitative estimate of drug-likeness (QED) is 0.854. The van der Waals surface area contributed by atoms with Crippen LogP contribution in [0, 0.1) is 5.82 Å². The number of rotatable bonds is 5. The standard InChI is InChI=1S/C13H18FNO2/c1-10(2)15(8-3-9-16)13(17)11-4-6-12(14)7-5-11/h4-7,10,16H,3,8-9H2,1-2H3. The predicted molar refractivity (Wildman–Crippen MR) is 64.3 cm³/mol. The zero-order valence-corrected chi connectivity index (χ0v) is 10.2. The van der Waals surface area contributed by atoms with Crippen LogP contribution in [0.1, 0.15) is 30.6 Å². The van der Waals surface area contributed by atoms with E-state index < -0.39 is 0 Å². The molecule has 0 atom stereocenters. The Kier molecular flexibility index (Phi) is 5.10. The van der Waals surface area contributed by atoms with Gasteiger partial charge in [0.2, 0.25) is 0 Å². The van der Waals surface area contributed by atoms with Gasteiger partial charge in [-0.3, -0.25) is 4.79 Å². The van der Waals surface area contributed by atoms with E-state index in [-0.39, 0.29) is 24.4 Å². The number of aliphatic hydroxyl groups excluding tert-OH is 1. The Morgan fingerprint density at radius 1 is 1.35 bits per heavy atom. The van der Waals surface area contributed by atoms with E-state index in [9.17, 15) is 9.18 Å². The van der Waals surface area contributed by atoms with Gasteiger partial charge in [0.15, 0.2) is 0 Å². The molecule has 0 fully saturated rings. The van der Waals surface area contributed by atoms with E-state index in [1.807, 2.05) is 13.8 Å². The zero-order chi connectivity index (χ0) is 12.8. The minimum atomic E-state index is -0.354. The van der Waals surface area contributed by atoms with Crippen molar-refractivity contribution in [2.45, 2.75) is 26.3 Å². The van der Waals surface area contributed by atoms with E-state index in [0.717, 1.165) is 0 Å². The van der Waals surface area contributed by atoms with Crippen molar-refractivity contribution in [2.75, 3.05) is 13.2 Å². The highest BCUT2D eigenvalue weighted by Crippen LogP contribution is 2.10. The minimum Gasteiger partial charge on any atom is -0.396 e. The maximum absolute atomic E-state index is 12.8. The van der Waals surface area contributed by atoms with Gasteiger partial charge in [0.1, 0.15) is 5.82 Å². The van der Waals surface area contributed by atoms with Crippen LogP contribution in [0.2, 0.25) is 0 Å². The van der Waals surface area contributed by atoms with Gasteiger partial charge < -0.3 is 10.0 Å². The van der Waals surface area contributed by atoms with Crippen molar-refractivity contribution in [3.8, 4) is 0 Å². The molecular formula is C13H18FNO2. The maximum Gasteiger partial charge on any atom is 0.254 e. The van der Waals surface area contributed by atoms with Gasteiger partial charge >= 0.3 is 0 Å². The summed E-state index contributed by atoms with van der Waals surface area (Å²) in [5.74, 6) is -0.485. The Morgan fingerprint density at radius 2 is 1.94 bits per heavy atom. The first kappa shape index (κ1) is 13.6. The number of amides is 1. The van der Waals surface area contributed by atoms with E-state index >= 15 is 0 Å². The van der Waals surface area contributed by atoms with Crippen LogP contribution in [-0.2, 0) is 0 Å². The predicted octanol–water partition coefficient (Wildman–Crippen LogP) is 2.06. The second-order valence-corrected chi connectivity index (χ2v) is 4.18. The van der Waals surface area contributed by atoms with Crippen molar-refractivity contribution < 1.29 is 14.3 Å². The number of carbonyl (C=O) groups is 1. The summed E-state index contributed by atoms with van der Waals surface area (Å²) < 4.78 is 12.8. The molecule has 1 N–H and O–H groups in total. The Balaban J connectivity index is 2.80. The van der Waals surface area contributed by atoms with Crippen molar-refractivity contribution in [3.05, 3.63) is 35.6 Å². The molecule has 0 unspecified atom stereocenters. The second-order valence-electron chi connectivity index (χ2n) is 4.18. The summed E-state index contributed by atoms with van der Waals surface area (Å²) in [6.07, 6.45) is 0.547. The molecule has 94 valence electrons. The summed E-state index contributed by atoms with van der Waals surface area (Å²) in [6, 6.07) is 5.56. The number of carbonyl (C=O) groups excluding carboxylic acids is 1. The van der Waals surface area contributed by atoms with E-state index in [4.69, 9.17) is 5.11 Å². The van der Waals surface area contributed by atoms with Gasteiger partial charge in [-0.15, -0.1) is 0 Å². The molecule has 0 saturated heterocycles. The van der Waals surface area contributed by atoms with Crippen molar-refractivity contribution in [2.24, 2.45) is 0 Å². The molecule has 0 aliphatic carbocycles. The molecule has 1 amide bonds. The lowest BCUT2D eigenvalue weighted by Crippen LogP contribution is -2.38. The highest BCUT2D eigenvalue weighted by atomic mass is 19.1. The molecule has 0 heterocycles. The molecule has 0 bridgehead atoms. The number of halogens is 1. The van der Waals surface area contributed by atoms with Crippen LogP contribution >= 0.6 is 0 Å². The van der Waals surface area contributed by atoms with Crippen LogP contribution in [0.4, 0.5) is 4.39 Å². The highest BCUT2D eigenvalue weighted by molar-refractivity contribution is 5.94. The van der Waals surface area contributed by atoms with Crippen LogP contribution in [0.5, 0.6) is 0 Å². The minimum absolute atomic E-state index is 0.0547. The Hall–Kier alpha value is -1.42. The van der Waals surface area contributed by atoms with Crippen LogP contribution in [0.25, 0.3) is 0 Å². The molecule has 4 heteroatoms. The third kappa shape index (κ3) is 3.82. The second kappa shape index (κ2) is 6.35. The molecule has 1 rings (SSSR count). The van der Waals surface area contributed by atoms with Crippen LogP contribution in [0.3, 0.4) is 0 Å². The first-order valence-electron chi connectivity index (χ1n) is 5.73. The van der Waals surface area contributed by atoms with Crippen molar-refractivity contribution in [3.63, 3.8) is 0 Å². The van der Waals surface area contributed by atoms with Crippen LogP contribution in [-0.4, -0.2) is 35.1 Å². The largest absolute Gasteiger partial charge is 0.396 e. The van der Waals surface area contributed by atoms with Gasteiger partial charge in [0.05, 0.1) is 0 Å². The molecule has 0 aliphatic heterocycles. The summed E-state index contributed by atoms with van der Waals surface area (Å²) in [5.41, 5.74) is 0.470. The number of aliphatic hydroxyl groups is 1. The van der Waals surface area contributed by atoms with Crippen molar-refractivity contribution in [1.29, 1.82) is 0 Å². The average Bonchev–Trinajstić information content (AvgIpc) is 2.29. The number of nitrogens with zero attached hydrogens (tertiary/aromatic N) is 1. The van der Waals surface area contributed by atoms with Gasteiger partial charge in [-0.2, -0.15) is 0 Å². The Morgan fingerprint density at radius 3 is 2.41 bits per heavy atom. The summed E-state index contributed by atoms with van der Waals surface area (Å²) in [7, 11) is 0. The van der Waals surface area contributed by atoms with Gasteiger partial charge in [-0.1, -0.05) is 0 Å². The summed E-state index contributed by atoms with van der Waals surface area (Å²) in [6.45, 7) is 4.39. The van der Waals surface area contributed by atoms with Gasteiger partial charge in [-0.05, 0) is 44.5 Å². The molecule has 1 aromatic carbocycles. The topological polar surface area (TPSA) is 40.5 Å². The van der Waals surface area contributed by atoms with Crippen molar-refractivity contribution in [1.82, 2.24) is 4.90 Å². The maximum atomic E-state index is 12.8. The summed E-state index contributed by atoms with van der Waals surface area (Å²) in [4.78, 5) is 13.8. The molecule has 0 saturated carbocycles. The fourth-order valence-electron chi connectivity index (χ4n) is 1.59. The van der Waals surface area contributed by atoms with Gasteiger partial charge in [-0.25, -0.2) is 4.39 Å². The van der Waals surface area contributed by atoms with Gasteiger partial charge in [0.25, 0.3) is 5.91 Å². The molecule has 0 aliphatic rings. The first-order chi connectivity index (χ1) is 8.06. The molecular weight excluding hydrogens is 221 g/mol. The summed E-state index contributed by atoms with van der Waals surface area (Å²) >= 11 is 0. The lowest BCUT2D eigenvalue weighted by Gasteiger charge is -2.26. The lowest BCUT2D eigenvalue weighted by molar-refractivity contribution is 0.0693. The zero-order valence-electron chi connectivity index (χ0n) is 10.2.